The number of rotatable bonds is 3. The first-order valence-corrected chi connectivity index (χ1v) is 8.63. The summed E-state index contributed by atoms with van der Waals surface area (Å²) in [5.74, 6) is 1.58. The van der Waals surface area contributed by atoms with Gasteiger partial charge in [-0.1, -0.05) is 6.07 Å². The Balaban J connectivity index is 1.84. The number of amidine groups is 1. The molecule has 2 rings (SSSR count). The molecule has 0 spiro atoms. The number of nitrogens with two attached hydrogens (primary N) is 2. The van der Waals surface area contributed by atoms with E-state index in [2.05, 4.69) is 10.3 Å². The van der Waals surface area contributed by atoms with Gasteiger partial charge >= 0.3 is 6.03 Å². The number of carbonyl (C=O) groups excluding carboxylic acids is 1. The first-order chi connectivity index (χ1) is 11.9. The van der Waals surface area contributed by atoms with E-state index in [1.807, 2.05) is 18.2 Å². The van der Waals surface area contributed by atoms with Crippen molar-refractivity contribution >= 4 is 34.9 Å². The Bertz CT molecular complexity index is 665. The minimum atomic E-state index is -0.225. The van der Waals surface area contributed by atoms with E-state index in [0.29, 0.717) is 24.8 Å². The van der Waals surface area contributed by atoms with Crippen LogP contribution in [-0.4, -0.2) is 42.1 Å². The number of likely N-dealkylation sites (tertiary alicyclic amines) is 1. The Kier molecular flexibility index (Phi) is 6.58. The van der Waals surface area contributed by atoms with Gasteiger partial charge in [-0.25, -0.2) is 9.79 Å². The number of methoxy groups -OCH3 is 1. The molecule has 0 atom stereocenters. The molecule has 0 bridgehead atoms. The number of nitrogens with zero attached hydrogens (tertiary/aromatic N) is 2. The molecule has 1 aromatic rings. The van der Waals surface area contributed by atoms with E-state index in [1.165, 1.54) is 0 Å². The number of ether oxygens (including phenoxy) is 1. The first-order valence-electron chi connectivity index (χ1n) is 8.22. The van der Waals surface area contributed by atoms with Gasteiger partial charge in [0.2, 0.25) is 5.11 Å². The van der Waals surface area contributed by atoms with Crippen LogP contribution < -0.4 is 21.5 Å². The van der Waals surface area contributed by atoms with Crippen LogP contribution in [0.1, 0.15) is 25.3 Å². The molecule has 0 aromatic heterocycles. The zero-order valence-electron chi connectivity index (χ0n) is 14.6. The maximum absolute atomic E-state index is 12.2. The van der Waals surface area contributed by atoms with Crippen LogP contribution in [0.3, 0.4) is 0 Å². The molecule has 0 unspecified atom stereocenters. The molecule has 8 heteroatoms. The molecular weight excluding hydrogens is 338 g/mol. The zero-order valence-corrected chi connectivity index (χ0v) is 15.4. The third kappa shape index (κ3) is 5.60. The molecule has 1 aliphatic heterocycles. The van der Waals surface area contributed by atoms with Gasteiger partial charge in [0, 0.05) is 24.8 Å². The van der Waals surface area contributed by atoms with Crippen molar-refractivity contribution < 1.29 is 9.53 Å². The van der Waals surface area contributed by atoms with Gasteiger partial charge < -0.3 is 21.1 Å². The quantitative estimate of drug-likeness (QED) is 0.329. The zero-order chi connectivity index (χ0) is 18.4. The second-order valence-corrected chi connectivity index (χ2v) is 6.57. The molecule has 1 fully saturated rings. The van der Waals surface area contributed by atoms with Crippen LogP contribution in [-0.2, 0) is 6.42 Å². The molecule has 0 saturated carbocycles. The second-order valence-electron chi connectivity index (χ2n) is 6.19. The number of amides is 2. The van der Waals surface area contributed by atoms with E-state index in [0.717, 1.165) is 36.3 Å². The molecule has 0 aliphatic carbocycles. The fourth-order valence-corrected chi connectivity index (χ4v) is 3.13. The molecule has 0 radical (unpaired) electrons. The number of hydrogen-bond acceptors (Lipinski definition) is 4. The normalized spacial score (nSPS) is 15.8. The van der Waals surface area contributed by atoms with E-state index < -0.39 is 0 Å². The number of benzene rings is 1. The third-order valence-electron chi connectivity index (χ3n) is 4.26. The van der Waals surface area contributed by atoms with Crippen molar-refractivity contribution in [2.75, 3.05) is 25.9 Å². The summed E-state index contributed by atoms with van der Waals surface area (Å²) in [4.78, 5) is 17.8. The number of anilines is 1. The van der Waals surface area contributed by atoms with Crippen molar-refractivity contribution in [2.45, 2.75) is 26.2 Å². The van der Waals surface area contributed by atoms with Crippen LogP contribution in [0.15, 0.2) is 23.2 Å². The molecule has 1 aliphatic rings. The van der Waals surface area contributed by atoms with Crippen molar-refractivity contribution in [1.29, 1.82) is 0 Å². The monoisotopic (exact) mass is 363 g/mol. The lowest BCUT2D eigenvalue weighted by atomic mass is 9.89. The van der Waals surface area contributed by atoms with Crippen LogP contribution >= 0.6 is 12.2 Å². The number of carbonyl (C=O) groups is 1. The maximum Gasteiger partial charge on any atom is 0.323 e. The number of thiocarbonyl (C=S) groups is 1. The van der Waals surface area contributed by atoms with E-state index in [9.17, 15) is 4.79 Å². The topological polar surface area (TPSA) is 106 Å². The van der Waals surface area contributed by atoms with Gasteiger partial charge in [0.1, 0.15) is 5.75 Å². The second kappa shape index (κ2) is 8.66. The average Bonchev–Trinajstić information content (AvgIpc) is 2.56. The summed E-state index contributed by atoms with van der Waals surface area (Å²) in [5.41, 5.74) is 13.4. The van der Waals surface area contributed by atoms with Crippen LogP contribution in [0.5, 0.6) is 5.75 Å². The van der Waals surface area contributed by atoms with Crippen LogP contribution in [0.4, 0.5) is 10.5 Å². The Labute approximate surface area is 153 Å². The van der Waals surface area contributed by atoms with E-state index in [4.69, 9.17) is 28.4 Å². The van der Waals surface area contributed by atoms with Gasteiger partial charge in [0.05, 0.1) is 12.9 Å². The van der Waals surface area contributed by atoms with Crippen LogP contribution in [0.25, 0.3) is 0 Å². The van der Waals surface area contributed by atoms with Crippen LogP contribution in [0.2, 0.25) is 0 Å². The number of hydrogen-bond donors (Lipinski definition) is 3. The van der Waals surface area contributed by atoms with Gasteiger partial charge in [0.15, 0.2) is 0 Å². The highest BCUT2D eigenvalue weighted by atomic mass is 32.1. The van der Waals surface area contributed by atoms with Gasteiger partial charge in [-0.05, 0) is 56.0 Å². The third-order valence-corrected chi connectivity index (χ3v) is 4.45. The first kappa shape index (κ1) is 19.0. The van der Waals surface area contributed by atoms with Crippen molar-refractivity contribution in [3.63, 3.8) is 0 Å². The number of aliphatic imine (C=N–C) groups is 1. The number of nitrogen functional groups attached to an aromatic ring is 1. The fraction of sp³-hybridized carbons (Fsp3) is 0.471. The Morgan fingerprint density at radius 3 is 2.68 bits per heavy atom. The minimum absolute atomic E-state index is 0.0955. The highest BCUT2D eigenvalue weighted by molar-refractivity contribution is 7.80. The SMILES string of the molecule is COc1ccc(CC2CCN(C(=O)NC(=S)/N=C(/C)N)CC2)c(N)c1. The average molecular weight is 363 g/mol. The molecule has 25 heavy (non-hydrogen) atoms. The summed E-state index contributed by atoms with van der Waals surface area (Å²) in [6.07, 6.45) is 2.75. The number of urea groups is 1. The Hall–Kier alpha value is -2.35. The number of piperidine rings is 1. The molecule has 1 aromatic carbocycles. The summed E-state index contributed by atoms with van der Waals surface area (Å²) in [6.45, 7) is 2.98. The Morgan fingerprint density at radius 1 is 1.44 bits per heavy atom. The van der Waals surface area contributed by atoms with Crippen molar-refractivity contribution in [2.24, 2.45) is 16.6 Å². The minimum Gasteiger partial charge on any atom is -0.497 e. The summed E-state index contributed by atoms with van der Waals surface area (Å²) in [7, 11) is 1.63. The molecule has 136 valence electrons. The molecule has 7 nitrogen and oxygen atoms in total. The summed E-state index contributed by atoms with van der Waals surface area (Å²) in [6, 6.07) is 5.56. The highest BCUT2D eigenvalue weighted by Crippen LogP contribution is 2.26. The number of nitrogens with one attached hydrogen (secondary N) is 1. The van der Waals surface area contributed by atoms with Gasteiger partial charge in [0.25, 0.3) is 0 Å². The molecule has 2 amide bonds. The summed E-state index contributed by atoms with van der Waals surface area (Å²) >= 11 is 4.97. The van der Waals surface area contributed by atoms with Crippen molar-refractivity contribution in [1.82, 2.24) is 10.2 Å². The molecular formula is C17H25N5O2S. The fourth-order valence-electron chi connectivity index (χ4n) is 2.90. The highest BCUT2D eigenvalue weighted by Gasteiger charge is 2.24. The largest absolute Gasteiger partial charge is 0.497 e. The molecule has 1 saturated heterocycles. The standard InChI is InChI=1S/C17H25N5O2S/c1-11(18)20-16(25)21-17(23)22-7-5-12(6-8-22)9-13-3-4-14(24-2)10-15(13)19/h3-4,10,12H,5-9,19H2,1-2H3,(H3,18,20,21,23,25). The lowest BCUT2D eigenvalue weighted by Crippen LogP contribution is -2.46. The van der Waals surface area contributed by atoms with Crippen molar-refractivity contribution in [3.05, 3.63) is 23.8 Å². The lowest BCUT2D eigenvalue weighted by molar-refractivity contribution is 0.175. The van der Waals surface area contributed by atoms with E-state index >= 15 is 0 Å². The van der Waals surface area contributed by atoms with Gasteiger partial charge in [-0.2, -0.15) is 0 Å². The van der Waals surface area contributed by atoms with E-state index in [1.54, 1.807) is 18.9 Å². The Morgan fingerprint density at radius 2 is 2.12 bits per heavy atom. The summed E-state index contributed by atoms with van der Waals surface area (Å²) < 4.78 is 5.18. The summed E-state index contributed by atoms with van der Waals surface area (Å²) in [5, 5.41) is 2.68. The smallest absolute Gasteiger partial charge is 0.323 e. The predicted octanol–water partition coefficient (Wildman–Crippen LogP) is 1.90. The molecule has 1 heterocycles. The van der Waals surface area contributed by atoms with Crippen molar-refractivity contribution in [3.8, 4) is 5.75 Å². The maximum atomic E-state index is 12.2. The van der Waals surface area contributed by atoms with Gasteiger partial charge in [-0.15, -0.1) is 0 Å². The lowest BCUT2D eigenvalue weighted by Gasteiger charge is -2.32. The van der Waals surface area contributed by atoms with E-state index in [-0.39, 0.29) is 11.1 Å². The van der Waals surface area contributed by atoms with Gasteiger partial charge in [-0.3, -0.25) is 5.32 Å². The predicted molar refractivity (Wildman–Crippen MR) is 104 cm³/mol. The molecule has 5 N–H and O–H groups in total. The van der Waals surface area contributed by atoms with Crippen LogP contribution in [0, 0.1) is 5.92 Å².